The van der Waals surface area contributed by atoms with Crippen LogP contribution in [0.1, 0.15) is 37.0 Å². The fraction of sp³-hybridized carbons (Fsp3) is 0.278. The van der Waals surface area contributed by atoms with E-state index in [2.05, 4.69) is 24.0 Å². The van der Waals surface area contributed by atoms with E-state index in [0.717, 1.165) is 30.8 Å². The number of hydrogen-bond acceptors (Lipinski definition) is 3. The second-order valence-electron chi connectivity index (χ2n) is 5.17. The number of anilines is 3. The van der Waals surface area contributed by atoms with E-state index >= 15 is 0 Å². The maximum Gasteiger partial charge on any atom is 0.161 e. The average Bonchev–Trinajstić information content (AvgIpc) is 2.50. The number of carbonyl (C=O) groups excluding carboxylic acids is 1. The molecule has 2 aromatic rings. The zero-order valence-electron chi connectivity index (χ0n) is 12.7. The first-order valence-electron chi connectivity index (χ1n) is 7.36. The third-order valence-electron chi connectivity index (χ3n) is 3.53. The normalized spacial score (nSPS) is 10.4. The first-order valence-corrected chi connectivity index (χ1v) is 7.36. The molecule has 21 heavy (non-hydrogen) atoms. The lowest BCUT2D eigenvalue weighted by Crippen LogP contribution is -2.18. The molecule has 0 amide bonds. The van der Waals surface area contributed by atoms with Gasteiger partial charge in [-0.05, 0) is 43.7 Å². The molecule has 0 bridgehead atoms. The Balaban J connectivity index is 2.41. The van der Waals surface area contributed by atoms with E-state index in [-0.39, 0.29) is 5.78 Å². The summed E-state index contributed by atoms with van der Waals surface area (Å²) in [5.74, 6) is -0.00199. The molecule has 0 spiro atoms. The Labute approximate surface area is 126 Å². The van der Waals surface area contributed by atoms with Crippen molar-refractivity contribution in [1.29, 1.82) is 0 Å². The van der Waals surface area contributed by atoms with Crippen LogP contribution < -0.4 is 10.6 Å². The number of carbonyl (C=O) groups is 1. The molecule has 2 rings (SSSR count). The Kier molecular flexibility index (Phi) is 4.99. The van der Waals surface area contributed by atoms with Crippen LogP contribution in [-0.2, 0) is 0 Å². The van der Waals surface area contributed by atoms with E-state index in [1.54, 1.807) is 6.92 Å². The fourth-order valence-corrected chi connectivity index (χ4v) is 2.35. The minimum atomic E-state index is -0.00199. The number of nitrogens with zero attached hydrogens (tertiary/aromatic N) is 1. The lowest BCUT2D eigenvalue weighted by molar-refractivity contribution is 0.101. The van der Waals surface area contributed by atoms with Crippen molar-refractivity contribution in [2.75, 3.05) is 17.2 Å². The van der Waals surface area contributed by atoms with Gasteiger partial charge in [0.2, 0.25) is 0 Å². The number of unbranched alkanes of at least 4 members (excludes halogenated alkanes) is 1. The summed E-state index contributed by atoms with van der Waals surface area (Å²) in [5, 5.41) is 0. The third-order valence-corrected chi connectivity index (χ3v) is 3.53. The molecule has 0 heterocycles. The average molecular weight is 282 g/mol. The zero-order valence-corrected chi connectivity index (χ0v) is 12.7. The summed E-state index contributed by atoms with van der Waals surface area (Å²) < 4.78 is 0. The number of rotatable bonds is 6. The highest BCUT2D eigenvalue weighted by Crippen LogP contribution is 2.28. The van der Waals surface area contributed by atoms with Gasteiger partial charge < -0.3 is 10.6 Å². The van der Waals surface area contributed by atoms with Gasteiger partial charge in [-0.2, -0.15) is 0 Å². The molecule has 2 aromatic carbocycles. The molecule has 2 N–H and O–H groups in total. The predicted molar refractivity (Wildman–Crippen MR) is 89.2 cm³/mol. The van der Waals surface area contributed by atoms with Crippen LogP contribution in [0.15, 0.2) is 48.5 Å². The van der Waals surface area contributed by atoms with Crippen LogP contribution in [-0.4, -0.2) is 12.3 Å². The van der Waals surface area contributed by atoms with Crippen LogP contribution in [0.25, 0.3) is 0 Å². The van der Waals surface area contributed by atoms with Crippen LogP contribution in [0, 0.1) is 0 Å². The molecule has 3 nitrogen and oxygen atoms in total. The Morgan fingerprint density at radius 2 is 1.81 bits per heavy atom. The Bertz CT molecular complexity index is 608. The van der Waals surface area contributed by atoms with Gasteiger partial charge in [0, 0.05) is 29.2 Å². The highest BCUT2D eigenvalue weighted by molar-refractivity contribution is 6.00. The number of ketones is 1. The van der Waals surface area contributed by atoms with E-state index in [1.807, 2.05) is 36.4 Å². The van der Waals surface area contributed by atoms with Crippen molar-refractivity contribution in [3.8, 4) is 0 Å². The molecule has 0 unspecified atom stereocenters. The monoisotopic (exact) mass is 282 g/mol. The number of nitrogens with two attached hydrogens (primary N) is 1. The van der Waals surface area contributed by atoms with Crippen LogP contribution >= 0.6 is 0 Å². The third kappa shape index (κ3) is 3.63. The Hall–Kier alpha value is -2.29. The lowest BCUT2D eigenvalue weighted by Gasteiger charge is -2.25. The number of benzene rings is 2. The van der Waals surface area contributed by atoms with Crippen molar-refractivity contribution in [3.05, 3.63) is 54.1 Å². The van der Waals surface area contributed by atoms with E-state index in [0.29, 0.717) is 11.3 Å². The quantitative estimate of drug-likeness (QED) is 0.630. The summed E-state index contributed by atoms with van der Waals surface area (Å²) in [4.78, 5) is 13.9. The van der Waals surface area contributed by atoms with Gasteiger partial charge in [-0.15, -0.1) is 0 Å². The van der Waals surface area contributed by atoms with Crippen LogP contribution in [0.5, 0.6) is 0 Å². The summed E-state index contributed by atoms with van der Waals surface area (Å²) >= 11 is 0. The van der Waals surface area contributed by atoms with Gasteiger partial charge in [-0.3, -0.25) is 4.79 Å². The van der Waals surface area contributed by atoms with Crippen LogP contribution in [0.4, 0.5) is 17.1 Å². The minimum absolute atomic E-state index is 0.00199. The Morgan fingerprint density at radius 1 is 1.10 bits per heavy atom. The largest absolute Gasteiger partial charge is 0.398 e. The van der Waals surface area contributed by atoms with E-state index in [1.165, 1.54) is 0 Å². The SMILES string of the molecule is CCCCN(c1ccccc1)c1ccc(N)c(C(C)=O)c1. The maximum atomic E-state index is 11.7. The maximum absolute atomic E-state index is 11.7. The molecule has 0 aliphatic rings. The molecule has 0 aromatic heterocycles. The van der Waals surface area contributed by atoms with Crippen molar-refractivity contribution < 1.29 is 4.79 Å². The number of hydrogen-bond donors (Lipinski definition) is 1. The molecule has 0 aliphatic carbocycles. The van der Waals surface area contributed by atoms with Crippen molar-refractivity contribution in [1.82, 2.24) is 0 Å². The highest BCUT2D eigenvalue weighted by Gasteiger charge is 2.12. The molecule has 0 saturated heterocycles. The van der Waals surface area contributed by atoms with Gasteiger partial charge in [-0.25, -0.2) is 0 Å². The van der Waals surface area contributed by atoms with E-state index in [4.69, 9.17) is 5.73 Å². The molecule has 0 fully saturated rings. The molecule has 110 valence electrons. The van der Waals surface area contributed by atoms with Crippen molar-refractivity contribution in [3.63, 3.8) is 0 Å². The van der Waals surface area contributed by atoms with Gasteiger partial charge in [0.25, 0.3) is 0 Å². The van der Waals surface area contributed by atoms with Crippen molar-refractivity contribution >= 4 is 22.8 Å². The lowest BCUT2D eigenvalue weighted by atomic mass is 10.1. The minimum Gasteiger partial charge on any atom is -0.398 e. The zero-order chi connectivity index (χ0) is 15.2. The topological polar surface area (TPSA) is 46.3 Å². The summed E-state index contributed by atoms with van der Waals surface area (Å²) in [6, 6.07) is 15.9. The van der Waals surface area contributed by atoms with Crippen molar-refractivity contribution in [2.24, 2.45) is 0 Å². The highest BCUT2D eigenvalue weighted by atomic mass is 16.1. The van der Waals surface area contributed by atoms with E-state index in [9.17, 15) is 4.79 Å². The van der Waals surface area contributed by atoms with Crippen LogP contribution in [0.3, 0.4) is 0 Å². The fourth-order valence-electron chi connectivity index (χ4n) is 2.35. The molecular weight excluding hydrogens is 260 g/mol. The molecular formula is C18H22N2O. The molecule has 0 aliphatic heterocycles. The first kappa shape index (κ1) is 15.1. The summed E-state index contributed by atoms with van der Waals surface area (Å²) in [6.07, 6.45) is 2.21. The first-order chi connectivity index (χ1) is 10.1. The Morgan fingerprint density at radius 3 is 2.43 bits per heavy atom. The summed E-state index contributed by atoms with van der Waals surface area (Å²) in [6.45, 7) is 4.64. The molecule has 0 saturated carbocycles. The summed E-state index contributed by atoms with van der Waals surface area (Å²) in [7, 11) is 0. The van der Waals surface area contributed by atoms with Gasteiger partial charge >= 0.3 is 0 Å². The van der Waals surface area contributed by atoms with E-state index < -0.39 is 0 Å². The second-order valence-corrected chi connectivity index (χ2v) is 5.17. The molecule has 0 atom stereocenters. The van der Waals surface area contributed by atoms with Gasteiger partial charge in [0.05, 0.1) is 0 Å². The number of para-hydroxylation sites is 1. The standard InChI is InChI=1S/C18H22N2O/c1-3-4-12-20(15-8-6-5-7-9-15)16-10-11-18(19)17(13-16)14(2)21/h5-11,13H,3-4,12,19H2,1-2H3. The van der Waals surface area contributed by atoms with Crippen molar-refractivity contribution in [2.45, 2.75) is 26.7 Å². The summed E-state index contributed by atoms with van der Waals surface area (Å²) in [5.41, 5.74) is 9.15. The van der Waals surface area contributed by atoms with Gasteiger partial charge in [0.1, 0.15) is 0 Å². The molecule has 3 heteroatoms. The smallest absolute Gasteiger partial charge is 0.161 e. The second kappa shape index (κ2) is 6.93. The van der Waals surface area contributed by atoms with Crippen LogP contribution in [0.2, 0.25) is 0 Å². The predicted octanol–water partition coefficient (Wildman–Crippen LogP) is 4.41. The van der Waals surface area contributed by atoms with Gasteiger partial charge in [0.15, 0.2) is 5.78 Å². The van der Waals surface area contributed by atoms with Gasteiger partial charge in [-0.1, -0.05) is 31.5 Å². The molecule has 0 radical (unpaired) electrons. The number of Topliss-reactive ketones (excluding diaryl/α,β-unsaturated/α-hetero) is 1. The number of nitrogen functional groups attached to an aromatic ring is 1.